The van der Waals surface area contributed by atoms with Gasteiger partial charge in [-0.15, -0.1) is 0 Å². The van der Waals surface area contributed by atoms with Crippen LogP contribution < -0.4 is 10.1 Å². The van der Waals surface area contributed by atoms with Crippen molar-refractivity contribution in [3.8, 4) is 5.75 Å². The fourth-order valence-electron chi connectivity index (χ4n) is 2.42. The number of benzene rings is 1. The first-order valence-electron chi connectivity index (χ1n) is 8.30. The number of hydrogen-bond donors (Lipinski definition) is 1. The highest BCUT2D eigenvalue weighted by Crippen LogP contribution is 2.20. The molecule has 1 amide bonds. The zero-order valence-corrected chi connectivity index (χ0v) is 15.4. The van der Waals surface area contributed by atoms with Crippen LogP contribution in [0.2, 0.25) is 0 Å². The maximum Gasteiger partial charge on any atom is 0.259 e. The summed E-state index contributed by atoms with van der Waals surface area (Å²) in [7, 11) is 7.49. The highest BCUT2D eigenvalue weighted by molar-refractivity contribution is 5.77. The molecule has 0 fully saturated rings. The van der Waals surface area contributed by atoms with Gasteiger partial charge in [-0.25, -0.2) is 0 Å². The number of para-hydroxylation sites is 1. The van der Waals surface area contributed by atoms with Crippen molar-refractivity contribution in [3.63, 3.8) is 0 Å². The quantitative estimate of drug-likeness (QED) is 0.755. The number of carbonyl (C=O) groups is 1. The van der Waals surface area contributed by atoms with E-state index in [1.54, 1.807) is 20.4 Å². The van der Waals surface area contributed by atoms with Gasteiger partial charge in [-0.2, -0.15) is 0 Å². The van der Waals surface area contributed by atoms with Crippen LogP contribution in [0.1, 0.15) is 17.4 Å². The first-order chi connectivity index (χ1) is 12.0. The molecular formula is C19H27N3O3. The Hall–Kier alpha value is -2.31. The summed E-state index contributed by atoms with van der Waals surface area (Å²) in [6.45, 7) is 1.43. The minimum Gasteiger partial charge on any atom is -0.483 e. The molecule has 0 spiro atoms. The average Bonchev–Trinajstić information content (AvgIpc) is 3.11. The van der Waals surface area contributed by atoms with E-state index in [0.29, 0.717) is 6.54 Å². The van der Waals surface area contributed by atoms with E-state index in [1.807, 2.05) is 50.5 Å². The molecule has 0 aliphatic carbocycles. The van der Waals surface area contributed by atoms with Gasteiger partial charge in [0.25, 0.3) is 5.91 Å². The van der Waals surface area contributed by atoms with Gasteiger partial charge in [0.05, 0.1) is 12.3 Å². The molecule has 6 heteroatoms. The number of rotatable bonds is 9. The predicted octanol–water partition coefficient (Wildman–Crippen LogP) is 2.14. The molecule has 0 saturated carbocycles. The summed E-state index contributed by atoms with van der Waals surface area (Å²) in [5.41, 5.74) is 1.02. The zero-order valence-electron chi connectivity index (χ0n) is 15.4. The molecule has 1 aromatic heterocycles. The Labute approximate surface area is 149 Å². The maximum absolute atomic E-state index is 11.7. The summed E-state index contributed by atoms with van der Waals surface area (Å²) < 4.78 is 11.2. The topological polar surface area (TPSA) is 58.0 Å². The van der Waals surface area contributed by atoms with Crippen LogP contribution in [0.5, 0.6) is 5.75 Å². The Morgan fingerprint density at radius 1 is 1.16 bits per heavy atom. The lowest BCUT2D eigenvalue weighted by Gasteiger charge is -2.23. The molecule has 25 heavy (non-hydrogen) atoms. The number of nitrogens with one attached hydrogen (secondary N) is 1. The van der Waals surface area contributed by atoms with E-state index in [1.165, 1.54) is 4.90 Å². The molecule has 0 radical (unpaired) electrons. The molecule has 0 bridgehead atoms. The highest BCUT2D eigenvalue weighted by atomic mass is 16.5. The van der Waals surface area contributed by atoms with Crippen LogP contribution in [-0.2, 0) is 11.3 Å². The van der Waals surface area contributed by atoms with Crippen molar-refractivity contribution in [3.05, 3.63) is 54.0 Å². The molecule has 1 N–H and O–H groups in total. The van der Waals surface area contributed by atoms with E-state index >= 15 is 0 Å². The van der Waals surface area contributed by atoms with Gasteiger partial charge in [-0.3, -0.25) is 9.69 Å². The van der Waals surface area contributed by atoms with Crippen LogP contribution in [0, 0.1) is 0 Å². The van der Waals surface area contributed by atoms with Crippen molar-refractivity contribution in [2.45, 2.75) is 12.6 Å². The van der Waals surface area contributed by atoms with Crippen LogP contribution in [0.4, 0.5) is 0 Å². The second-order valence-electron chi connectivity index (χ2n) is 6.31. The van der Waals surface area contributed by atoms with Crippen molar-refractivity contribution >= 4 is 5.91 Å². The van der Waals surface area contributed by atoms with Crippen LogP contribution in [0.25, 0.3) is 0 Å². The fraction of sp³-hybridized carbons (Fsp3) is 0.421. The van der Waals surface area contributed by atoms with Gasteiger partial charge < -0.3 is 19.4 Å². The third kappa shape index (κ3) is 5.62. The van der Waals surface area contributed by atoms with Gasteiger partial charge >= 0.3 is 0 Å². The normalized spacial score (nSPS) is 12.2. The molecule has 2 rings (SSSR count). The van der Waals surface area contributed by atoms with Gasteiger partial charge in [0.2, 0.25) is 0 Å². The molecule has 6 nitrogen and oxygen atoms in total. The number of ether oxygens (including phenoxy) is 1. The molecule has 1 heterocycles. The summed E-state index contributed by atoms with van der Waals surface area (Å²) in [4.78, 5) is 15.3. The summed E-state index contributed by atoms with van der Waals surface area (Å²) in [6.07, 6.45) is 1.69. The minimum absolute atomic E-state index is 0.0384. The molecule has 0 aliphatic rings. The van der Waals surface area contributed by atoms with Crippen molar-refractivity contribution in [1.29, 1.82) is 0 Å². The van der Waals surface area contributed by atoms with E-state index in [2.05, 4.69) is 10.2 Å². The van der Waals surface area contributed by atoms with Crippen LogP contribution in [0.15, 0.2) is 47.1 Å². The molecule has 1 atom stereocenters. The molecule has 136 valence electrons. The van der Waals surface area contributed by atoms with Gasteiger partial charge in [0.1, 0.15) is 11.5 Å². The Balaban J connectivity index is 1.93. The average molecular weight is 345 g/mol. The van der Waals surface area contributed by atoms with E-state index in [0.717, 1.165) is 23.6 Å². The van der Waals surface area contributed by atoms with Crippen LogP contribution >= 0.6 is 0 Å². The van der Waals surface area contributed by atoms with Crippen LogP contribution in [-0.4, -0.2) is 57.0 Å². The molecule has 1 aromatic carbocycles. The monoisotopic (exact) mass is 345 g/mol. The van der Waals surface area contributed by atoms with Gasteiger partial charge in [-0.1, -0.05) is 18.2 Å². The largest absolute Gasteiger partial charge is 0.483 e. The second-order valence-corrected chi connectivity index (χ2v) is 6.31. The van der Waals surface area contributed by atoms with E-state index in [-0.39, 0.29) is 18.6 Å². The van der Waals surface area contributed by atoms with Gasteiger partial charge in [0.15, 0.2) is 6.61 Å². The van der Waals surface area contributed by atoms with Crippen LogP contribution in [0.3, 0.4) is 0 Å². The smallest absolute Gasteiger partial charge is 0.259 e. The van der Waals surface area contributed by atoms with Crippen molar-refractivity contribution < 1.29 is 13.9 Å². The lowest BCUT2D eigenvalue weighted by Crippen LogP contribution is -2.31. The molecular weight excluding hydrogens is 318 g/mol. The molecule has 0 saturated heterocycles. The molecule has 1 unspecified atom stereocenters. The number of amides is 1. The first kappa shape index (κ1) is 19.0. The van der Waals surface area contributed by atoms with Crippen molar-refractivity contribution in [2.24, 2.45) is 0 Å². The Morgan fingerprint density at radius 3 is 2.56 bits per heavy atom. The van der Waals surface area contributed by atoms with Crippen molar-refractivity contribution in [2.75, 3.05) is 41.3 Å². The second kappa shape index (κ2) is 9.25. The highest BCUT2D eigenvalue weighted by Gasteiger charge is 2.16. The lowest BCUT2D eigenvalue weighted by atomic mass is 10.1. The van der Waals surface area contributed by atoms with E-state index in [4.69, 9.17) is 9.15 Å². The summed E-state index contributed by atoms with van der Waals surface area (Å²) in [5.74, 6) is 1.59. The summed E-state index contributed by atoms with van der Waals surface area (Å²) >= 11 is 0. The first-order valence-corrected chi connectivity index (χ1v) is 8.30. The Kier molecular flexibility index (Phi) is 7.03. The number of nitrogens with zero attached hydrogens (tertiary/aromatic N) is 2. The predicted molar refractivity (Wildman–Crippen MR) is 97.5 cm³/mol. The van der Waals surface area contributed by atoms with Crippen molar-refractivity contribution in [1.82, 2.24) is 15.1 Å². The molecule has 0 aliphatic heterocycles. The Bertz CT molecular complexity index is 654. The zero-order chi connectivity index (χ0) is 18.2. The molecule has 2 aromatic rings. The number of furan rings is 1. The SMILES string of the molecule is CN(C)C(=O)COc1ccccc1CNCC(c1ccco1)N(C)C. The van der Waals surface area contributed by atoms with Gasteiger partial charge in [-0.05, 0) is 32.3 Å². The van der Waals surface area contributed by atoms with E-state index < -0.39 is 0 Å². The minimum atomic E-state index is -0.0618. The third-order valence-corrected chi connectivity index (χ3v) is 3.97. The van der Waals surface area contributed by atoms with Gasteiger partial charge in [0, 0.05) is 32.7 Å². The lowest BCUT2D eigenvalue weighted by molar-refractivity contribution is -0.130. The number of likely N-dealkylation sites (N-methyl/N-ethyl adjacent to an activating group) is 2. The standard InChI is InChI=1S/C19H27N3O3/c1-21(2)16(18-10-7-11-24-18)13-20-12-15-8-5-6-9-17(15)25-14-19(23)22(3)4/h5-11,16,20H,12-14H2,1-4H3. The third-order valence-electron chi connectivity index (χ3n) is 3.97. The summed E-state index contributed by atoms with van der Waals surface area (Å²) in [5, 5.41) is 3.45. The number of hydrogen-bond acceptors (Lipinski definition) is 5. The maximum atomic E-state index is 11.7. The number of carbonyl (C=O) groups excluding carboxylic acids is 1. The summed E-state index contributed by atoms with van der Waals surface area (Å²) in [6, 6.07) is 11.8. The fourth-order valence-corrected chi connectivity index (χ4v) is 2.42. The Morgan fingerprint density at radius 2 is 1.92 bits per heavy atom. The van der Waals surface area contributed by atoms with E-state index in [9.17, 15) is 4.79 Å².